The fraction of sp³-hybridized carbons (Fsp3) is 0.600. The van der Waals surface area contributed by atoms with Gasteiger partial charge in [0.25, 0.3) is 0 Å². The molecule has 1 aromatic rings. The van der Waals surface area contributed by atoms with E-state index in [1.54, 1.807) is 0 Å². The van der Waals surface area contributed by atoms with Crippen molar-refractivity contribution in [2.75, 3.05) is 11.4 Å². The number of rotatable bonds is 4. The van der Waals surface area contributed by atoms with Crippen LogP contribution in [0.2, 0.25) is 0 Å². The van der Waals surface area contributed by atoms with E-state index < -0.39 is 0 Å². The Morgan fingerprint density at radius 2 is 1.94 bits per heavy atom. The van der Waals surface area contributed by atoms with E-state index >= 15 is 0 Å². The van der Waals surface area contributed by atoms with Crippen LogP contribution in [0, 0.1) is 0 Å². The Balaban J connectivity index is 2.22. The van der Waals surface area contributed by atoms with Gasteiger partial charge in [-0.25, -0.2) is 0 Å². The highest BCUT2D eigenvalue weighted by Crippen LogP contribution is 2.29. The molecular formula is C15H23BrN2. The van der Waals surface area contributed by atoms with Crippen molar-refractivity contribution >= 4 is 21.6 Å². The first-order valence-corrected chi connectivity index (χ1v) is 7.80. The van der Waals surface area contributed by atoms with Crippen LogP contribution in [-0.2, 0) is 6.54 Å². The molecule has 0 aromatic heterocycles. The summed E-state index contributed by atoms with van der Waals surface area (Å²) in [4.78, 5) is 2.54. The molecule has 0 atom stereocenters. The molecule has 0 amide bonds. The van der Waals surface area contributed by atoms with Gasteiger partial charge in [0.15, 0.2) is 0 Å². The lowest BCUT2D eigenvalue weighted by atomic mass is 9.93. The molecule has 2 N–H and O–H groups in total. The van der Waals surface area contributed by atoms with Gasteiger partial charge >= 0.3 is 0 Å². The van der Waals surface area contributed by atoms with Gasteiger partial charge in [-0.2, -0.15) is 0 Å². The van der Waals surface area contributed by atoms with E-state index in [-0.39, 0.29) is 0 Å². The summed E-state index contributed by atoms with van der Waals surface area (Å²) < 4.78 is 1.13. The minimum Gasteiger partial charge on any atom is -0.369 e. The van der Waals surface area contributed by atoms with E-state index in [0.717, 1.165) is 11.0 Å². The van der Waals surface area contributed by atoms with E-state index in [4.69, 9.17) is 5.73 Å². The second-order valence-corrected chi connectivity index (χ2v) is 6.02. The summed E-state index contributed by atoms with van der Waals surface area (Å²) in [6.07, 6.45) is 6.81. The maximum absolute atomic E-state index is 5.77. The van der Waals surface area contributed by atoms with Crippen LogP contribution >= 0.6 is 15.9 Å². The molecule has 0 spiro atoms. The van der Waals surface area contributed by atoms with Crippen molar-refractivity contribution in [3.8, 4) is 0 Å². The lowest BCUT2D eigenvalue weighted by Crippen LogP contribution is -2.36. The number of benzene rings is 1. The maximum Gasteiger partial charge on any atom is 0.0383 e. The Kier molecular flexibility index (Phi) is 5.07. The van der Waals surface area contributed by atoms with Gasteiger partial charge in [0, 0.05) is 29.3 Å². The van der Waals surface area contributed by atoms with Crippen molar-refractivity contribution in [3.63, 3.8) is 0 Å². The van der Waals surface area contributed by atoms with Crippen LogP contribution in [-0.4, -0.2) is 12.6 Å². The molecule has 1 aromatic carbocycles. The van der Waals surface area contributed by atoms with E-state index in [1.165, 1.54) is 43.4 Å². The Hall–Kier alpha value is -0.540. The first-order chi connectivity index (χ1) is 8.74. The first-order valence-electron chi connectivity index (χ1n) is 7.00. The van der Waals surface area contributed by atoms with E-state index in [9.17, 15) is 0 Å². The quantitative estimate of drug-likeness (QED) is 0.908. The zero-order valence-corrected chi connectivity index (χ0v) is 12.7. The zero-order chi connectivity index (χ0) is 13.0. The summed E-state index contributed by atoms with van der Waals surface area (Å²) in [7, 11) is 0. The number of halogens is 1. The molecule has 100 valence electrons. The van der Waals surface area contributed by atoms with Gasteiger partial charge in [-0.05, 0) is 43.5 Å². The van der Waals surface area contributed by atoms with E-state index in [1.807, 2.05) is 0 Å². The second-order valence-electron chi connectivity index (χ2n) is 5.10. The third-order valence-corrected chi connectivity index (χ3v) is 4.32. The maximum atomic E-state index is 5.77. The van der Waals surface area contributed by atoms with Crippen molar-refractivity contribution in [3.05, 3.63) is 28.2 Å². The lowest BCUT2D eigenvalue weighted by Gasteiger charge is -2.35. The van der Waals surface area contributed by atoms with Gasteiger partial charge in [0.1, 0.15) is 0 Å². The highest BCUT2D eigenvalue weighted by molar-refractivity contribution is 9.10. The van der Waals surface area contributed by atoms with Gasteiger partial charge in [-0.1, -0.05) is 35.2 Å². The van der Waals surface area contributed by atoms with E-state index in [0.29, 0.717) is 12.6 Å². The van der Waals surface area contributed by atoms with Crippen molar-refractivity contribution in [2.24, 2.45) is 5.73 Å². The monoisotopic (exact) mass is 310 g/mol. The third-order valence-electron chi connectivity index (χ3n) is 3.87. The number of nitrogens with two attached hydrogens (primary N) is 1. The number of hydrogen-bond acceptors (Lipinski definition) is 2. The standard InChI is InChI=1S/C15H23BrN2/c1-2-18(14-6-4-3-5-7-14)15-9-12(11-17)8-13(16)10-15/h8-10,14H,2-7,11,17H2,1H3. The molecule has 0 saturated heterocycles. The molecule has 1 aliphatic carbocycles. The Labute approximate surface area is 119 Å². The summed E-state index contributed by atoms with van der Waals surface area (Å²) >= 11 is 3.59. The van der Waals surface area contributed by atoms with Gasteiger partial charge < -0.3 is 10.6 Å². The first kappa shape index (κ1) is 13.9. The van der Waals surface area contributed by atoms with Crippen molar-refractivity contribution in [2.45, 2.75) is 51.6 Å². The summed E-state index contributed by atoms with van der Waals surface area (Å²) in [5.41, 5.74) is 8.29. The van der Waals surface area contributed by atoms with Crippen molar-refractivity contribution in [1.29, 1.82) is 0 Å². The van der Waals surface area contributed by atoms with Crippen LogP contribution < -0.4 is 10.6 Å². The molecular weight excluding hydrogens is 288 g/mol. The highest BCUT2D eigenvalue weighted by atomic mass is 79.9. The fourth-order valence-electron chi connectivity index (χ4n) is 2.96. The Bertz CT molecular complexity index is 386. The van der Waals surface area contributed by atoms with Crippen LogP contribution in [0.1, 0.15) is 44.6 Å². The smallest absolute Gasteiger partial charge is 0.0383 e. The van der Waals surface area contributed by atoms with Gasteiger partial charge in [0.2, 0.25) is 0 Å². The SMILES string of the molecule is CCN(c1cc(Br)cc(CN)c1)C1CCCCC1. The molecule has 2 rings (SSSR count). The molecule has 1 saturated carbocycles. The molecule has 18 heavy (non-hydrogen) atoms. The molecule has 0 bridgehead atoms. The van der Waals surface area contributed by atoms with E-state index in [2.05, 4.69) is 46.0 Å². The van der Waals surface area contributed by atoms with Crippen molar-refractivity contribution < 1.29 is 0 Å². The average Bonchev–Trinajstić information content (AvgIpc) is 2.40. The minimum absolute atomic E-state index is 0.606. The highest BCUT2D eigenvalue weighted by Gasteiger charge is 2.20. The van der Waals surface area contributed by atoms with Crippen LogP contribution in [0.5, 0.6) is 0 Å². The Morgan fingerprint density at radius 1 is 1.22 bits per heavy atom. The molecule has 0 radical (unpaired) electrons. The van der Waals surface area contributed by atoms with Crippen molar-refractivity contribution in [1.82, 2.24) is 0 Å². The molecule has 1 fully saturated rings. The van der Waals surface area contributed by atoms with Crippen LogP contribution in [0.25, 0.3) is 0 Å². The van der Waals surface area contributed by atoms with Gasteiger partial charge in [0.05, 0.1) is 0 Å². The Morgan fingerprint density at radius 3 is 2.56 bits per heavy atom. The largest absolute Gasteiger partial charge is 0.369 e. The molecule has 0 heterocycles. The summed E-state index contributed by atoms with van der Waals surface area (Å²) in [5.74, 6) is 0. The average molecular weight is 311 g/mol. The summed E-state index contributed by atoms with van der Waals surface area (Å²) in [6.45, 7) is 3.93. The summed E-state index contributed by atoms with van der Waals surface area (Å²) in [6, 6.07) is 7.28. The molecule has 0 unspecified atom stereocenters. The van der Waals surface area contributed by atoms with Crippen LogP contribution in [0.15, 0.2) is 22.7 Å². The normalized spacial score (nSPS) is 16.8. The lowest BCUT2D eigenvalue weighted by molar-refractivity contribution is 0.418. The minimum atomic E-state index is 0.606. The molecule has 2 nitrogen and oxygen atoms in total. The van der Waals surface area contributed by atoms with Gasteiger partial charge in [-0.15, -0.1) is 0 Å². The third kappa shape index (κ3) is 3.27. The van der Waals surface area contributed by atoms with Gasteiger partial charge in [-0.3, -0.25) is 0 Å². The zero-order valence-electron chi connectivity index (χ0n) is 11.2. The number of hydrogen-bond donors (Lipinski definition) is 1. The number of nitrogens with zero attached hydrogens (tertiary/aromatic N) is 1. The molecule has 1 aliphatic rings. The predicted octanol–water partition coefficient (Wildman–Crippen LogP) is 4.07. The predicted molar refractivity (Wildman–Crippen MR) is 81.9 cm³/mol. The summed E-state index contributed by atoms with van der Waals surface area (Å²) in [5, 5.41) is 0. The van der Waals surface area contributed by atoms with Crippen LogP contribution in [0.4, 0.5) is 5.69 Å². The topological polar surface area (TPSA) is 29.3 Å². The molecule has 3 heteroatoms. The number of anilines is 1. The molecule has 0 aliphatic heterocycles. The second kappa shape index (κ2) is 6.58. The van der Waals surface area contributed by atoms with Crippen LogP contribution in [0.3, 0.4) is 0 Å². The fourth-order valence-corrected chi connectivity index (χ4v) is 3.49.